The second-order valence-corrected chi connectivity index (χ2v) is 9.01. The summed E-state index contributed by atoms with van der Waals surface area (Å²) in [5, 5.41) is 31.6. The maximum Gasteiger partial charge on any atom is 0.338 e. The van der Waals surface area contributed by atoms with E-state index in [1.807, 2.05) is 19.9 Å². The number of fused-ring (bicyclic) bond motifs is 1. The minimum atomic E-state index is -1.12. The Morgan fingerprint density at radius 2 is 1.74 bits per heavy atom. The molecule has 0 heterocycles. The molecular weight excluding hydrogens is 344 g/mol. The summed E-state index contributed by atoms with van der Waals surface area (Å²) in [6.45, 7) is 7.73. The van der Waals surface area contributed by atoms with Crippen LogP contribution in [-0.2, 0) is 4.74 Å². The van der Waals surface area contributed by atoms with Crippen LogP contribution < -0.4 is 0 Å². The van der Waals surface area contributed by atoms with Gasteiger partial charge in [0.2, 0.25) is 0 Å². The van der Waals surface area contributed by atoms with Gasteiger partial charge in [-0.3, -0.25) is 0 Å². The molecule has 1 aromatic carbocycles. The van der Waals surface area contributed by atoms with E-state index in [1.165, 1.54) is 24.3 Å². The third-order valence-electron chi connectivity index (χ3n) is 6.48. The average Bonchev–Trinajstić information content (AvgIpc) is 2.80. The van der Waals surface area contributed by atoms with Gasteiger partial charge in [0.05, 0.1) is 16.8 Å². The summed E-state index contributed by atoms with van der Waals surface area (Å²) in [6.07, 6.45) is 4.77. The van der Waals surface area contributed by atoms with Gasteiger partial charge in [-0.15, -0.1) is 0 Å². The zero-order chi connectivity index (χ0) is 20.0. The number of hydrogen-bond acceptors (Lipinski definition) is 5. The molecule has 5 nitrogen and oxygen atoms in total. The van der Waals surface area contributed by atoms with E-state index in [-0.39, 0.29) is 29.4 Å². The molecule has 0 bridgehead atoms. The Balaban J connectivity index is 1.97. The Hall–Kier alpha value is -1.85. The van der Waals surface area contributed by atoms with Crippen LogP contribution in [0.4, 0.5) is 0 Å². The second kappa shape index (κ2) is 6.64. The third kappa shape index (κ3) is 3.63. The monoisotopic (exact) mass is 374 g/mol. The normalized spacial score (nSPS) is 38.5. The first-order chi connectivity index (χ1) is 12.5. The molecule has 5 atom stereocenters. The van der Waals surface area contributed by atoms with Gasteiger partial charge in [-0.25, -0.2) is 4.79 Å². The first kappa shape index (κ1) is 19.9. The van der Waals surface area contributed by atoms with E-state index in [0.717, 1.165) is 6.42 Å². The topological polar surface area (TPSA) is 87.0 Å². The minimum absolute atomic E-state index is 0.00403. The van der Waals surface area contributed by atoms with E-state index in [0.29, 0.717) is 12.0 Å². The summed E-state index contributed by atoms with van der Waals surface area (Å²) in [4.78, 5) is 12.7. The molecule has 27 heavy (non-hydrogen) atoms. The van der Waals surface area contributed by atoms with Crippen LogP contribution in [0.2, 0.25) is 0 Å². The molecule has 0 unspecified atom stereocenters. The number of rotatable bonds is 3. The van der Waals surface area contributed by atoms with Crippen LogP contribution in [0.5, 0.6) is 5.75 Å². The van der Waals surface area contributed by atoms with E-state index in [2.05, 4.69) is 6.92 Å². The van der Waals surface area contributed by atoms with Gasteiger partial charge in [0.1, 0.15) is 11.9 Å². The van der Waals surface area contributed by atoms with Crippen molar-refractivity contribution in [1.82, 2.24) is 0 Å². The Kier molecular flexibility index (Phi) is 4.89. The fourth-order valence-corrected chi connectivity index (χ4v) is 4.81. The minimum Gasteiger partial charge on any atom is -0.508 e. The third-order valence-corrected chi connectivity index (χ3v) is 6.48. The molecule has 148 valence electrons. The number of allylic oxidation sites excluding steroid dienone is 1. The molecule has 0 spiro atoms. The Morgan fingerprint density at radius 3 is 2.33 bits per heavy atom. The van der Waals surface area contributed by atoms with Crippen molar-refractivity contribution in [2.75, 3.05) is 0 Å². The number of ether oxygens (including phenoxy) is 1. The van der Waals surface area contributed by atoms with E-state index in [9.17, 15) is 20.1 Å². The summed E-state index contributed by atoms with van der Waals surface area (Å²) in [6, 6.07) is 5.89. The van der Waals surface area contributed by atoms with Crippen molar-refractivity contribution in [3.8, 4) is 5.75 Å². The van der Waals surface area contributed by atoms with Crippen molar-refractivity contribution < 1.29 is 24.9 Å². The standard InChI is InChI=1S/C22H30O5/c1-14(2)22(26)12-10-20(3)9-11-21(4,25)13-17(18(20)22)27-19(24)15-5-7-16(23)8-6-15/h5-9,11,14,17-18,23,25-26H,10,12-13H2,1-4H3/t17-,18+,20-,21-,22+/m0/s1. The van der Waals surface area contributed by atoms with Gasteiger partial charge in [0.25, 0.3) is 0 Å². The van der Waals surface area contributed by atoms with Crippen molar-refractivity contribution in [3.63, 3.8) is 0 Å². The second-order valence-electron chi connectivity index (χ2n) is 9.01. The highest BCUT2D eigenvalue weighted by molar-refractivity contribution is 5.89. The highest BCUT2D eigenvalue weighted by Crippen LogP contribution is 2.57. The molecule has 0 amide bonds. The largest absolute Gasteiger partial charge is 0.508 e. The Bertz CT molecular complexity index is 736. The molecule has 0 radical (unpaired) electrons. The summed E-state index contributed by atoms with van der Waals surface area (Å²) in [5.74, 6) is -0.754. The van der Waals surface area contributed by atoms with Gasteiger partial charge in [-0.1, -0.05) is 32.9 Å². The fourth-order valence-electron chi connectivity index (χ4n) is 4.81. The highest BCUT2D eigenvalue weighted by atomic mass is 16.5. The zero-order valence-corrected chi connectivity index (χ0v) is 16.5. The number of carbonyl (C=O) groups excluding carboxylic acids is 1. The first-order valence-electron chi connectivity index (χ1n) is 9.62. The lowest BCUT2D eigenvalue weighted by Gasteiger charge is -2.43. The van der Waals surface area contributed by atoms with E-state index in [1.54, 1.807) is 13.0 Å². The molecule has 3 rings (SSSR count). The molecule has 2 aliphatic rings. The van der Waals surface area contributed by atoms with E-state index < -0.39 is 23.3 Å². The summed E-state index contributed by atoms with van der Waals surface area (Å²) < 4.78 is 5.88. The Labute approximate surface area is 160 Å². The van der Waals surface area contributed by atoms with Crippen LogP contribution in [0.1, 0.15) is 57.3 Å². The predicted molar refractivity (Wildman–Crippen MR) is 102 cm³/mol. The number of carbonyl (C=O) groups is 1. The van der Waals surface area contributed by atoms with Gasteiger partial charge in [-0.2, -0.15) is 0 Å². The van der Waals surface area contributed by atoms with Crippen molar-refractivity contribution >= 4 is 5.97 Å². The number of aromatic hydroxyl groups is 1. The molecule has 1 fully saturated rings. The van der Waals surface area contributed by atoms with Gasteiger partial charge in [-0.05, 0) is 55.4 Å². The summed E-state index contributed by atoms with van der Waals surface area (Å²) in [5.41, 5.74) is -2.12. The molecule has 0 aliphatic heterocycles. The van der Waals surface area contributed by atoms with Crippen LogP contribution in [-0.4, -0.2) is 38.6 Å². The quantitative estimate of drug-likeness (QED) is 0.557. The van der Waals surface area contributed by atoms with Gasteiger partial charge >= 0.3 is 5.97 Å². The van der Waals surface area contributed by atoms with Crippen LogP contribution in [0.3, 0.4) is 0 Å². The smallest absolute Gasteiger partial charge is 0.338 e. The van der Waals surface area contributed by atoms with Gasteiger partial charge < -0.3 is 20.1 Å². The van der Waals surface area contributed by atoms with Crippen molar-refractivity contribution in [2.24, 2.45) is 17.3 Å². The molecule has 1 aromatic rings. The molecule has 2 aliphatic carbocycles. The summed E-state index contributed by atoms with van der Waals surface area (Å²) >= 11 is 0. The number of hydrogen-bond donors (Lipinski definition) is 3. The highest BCUT2D eigenvalue weighted by Gasteiger charge is 2.60. The van der Waals surface area contributed by atoms with E-state index >= 15 is 0 Å². The van der Waals surface area contributed by atoms with Crippen LogP contribution >= 0.6 is 0 Å². The molecule has 0 aromatic heterocycles. The molecule has 3 N–H and O–H groups in total. The molecular formula is C22H30O5. The molecule has 0 saturated heterocycles. The van der Waals surface area contributed by atoms with Crippen molar-refractivity contribution in [3.05, 3.63) is 42.0 Å². The number of phenolic OH excluding ortho intramolecular Hbond substituents is 1. The fraction of sp³-hybridized carbons (Fsp3) is 0.591. The van der Waals surface area contributed by atoms with Gasteiger partial charge in [0.15, 0.2) is 0 Å². The lowest BCUT2D eigenvalue weighted by Crippen LogP contribution is -2.51. The van der Waals surface area contributed by atoms with Crippen LogP contribution in [0, 0.1) is 17.3 Å². The first-order valence-corrected chi connectivity index (χ1v) is 9.62. The van der Waals surface area contributed by atoms with Crippen LogP contribution in [0.15, 0.2) is 36.4 Å². The maximum atomic E-state index is 12.7. The lowest BCUT2D eigenvalue weighted by atomic mass is 9.68. The molecule has 1 saturated carbocycles. The van der Waals surface area contributed by atoms with Crippen molar-refractivity contribution in [1.29, 1.82) is 0 Å². The van der Waals surface area contributed by atoms with E-state index in [4.69, 9.17) is 4.74 Å². The number of esters is 1. The maximum absolute atomic E-state index is 12.7. The predicted octanol–water partition coefficient (Wildman–Crippen LogP) is 3.43. The average molecular weight is 374 g/mol. The number of aliphatic hydroxyl groups is 2. The number of benzene rings is 1. The molecule has 5 heteroatoms. The van der Waals surface area contributed by atoms with Crippen LogP contribution in [0.25, 0.3) is 0 Å². The summed E-state index contributed by atoms with van der Waals surface area (Å²) in [7, 11) is 0. The zero-order valence-electron chi connectivity index (χ0n) is 16.5. The Morgan fingerprint density at radius 1 is 1.11 bits per heavy atom. The SMILES string of the molecule is CC(C)[C@]1(O)CC[C@]2(C)C=C[C@](C)(O)C[C@H](OC(=O)c3ccc(O)cc3)[C@H]21. The number of phenols is 1. The van der Waals surface area contributed by atoms with Gasteiger partial charge in [0, 0.05) is 12.3 Å². The lowest BCUT2D eigenvalue weighted by molar-refractivity contribution is -0.116. The van der Waals surface area contributed by atoms with Crippen molar-refractivity contribution in [2.45, 2.75) is 64.3 Å².